The van der Waals surface area contributed by atoms with Crippen LogP contribution >= 0.6 is 0 Å². The van der Waals surface area contributed by atoms with Gasteiger partial charge in [-0.3, -0.25) is 0 Å². The van der Waals surface area contributed by atoms with Crippen molar-refractivity contribution in [2.24, 2.45) is 5.92 Å². The summed E-state index contributed by atoms with van der Waals surface area (Å²) in [6.07, 6.45) is 1.70. The summed E-state index contributed by atoms with van der Waals surface area (Å²) >= 11 is 0. The van der Waals surface area contributed by atoms with E-state index in [-0.39, 0.29) is 11.5 Å². The molecule has 1 aromatic carbocycles. The predicted molar refractivity (Wildman–Crippen MR) is 72.7 cm³/mol. The molecule has 4 nitrogen and oxygen atoms in total. The third kappa shape index (κ3) is 4.54. The molecule has 1 aliphatic rings. The maximum Gasteiger partial charge on any atom is 0.387 e. The number of rotatable bonds is 6. The number of ether oxygens (including phenoxy) is 3. The number of benzene rings is 1. The van der Waals surface area contributed by atoms with Crippen molar-refractivity contribution >= 4 is 0 Å². The summed E-state index contributed by atoms with van der Waals surface area (Å²) in [5.74, 6) is 0.545. The first-order valence-corrected chi connectivity index (χ1v) is 6.98. The number of hydrogen-bond donors (Lipinski definition) is 1. The molecule has 1 N–H and O–H groups in total. The highest BCUT2D eigenvalue weighted by molar-refractivity contribution is 5.43. The molecule has 1 atom stereocenters. The molecule has 21 heavy (non-hydrogen) atoms. The van der Waals surface area contributed by atoms with Crippen LogP contribution in [0, 0.1) is 5.92 Å². The van der Waals surface area contributed by atoms with E-state index in [9.17, 15) is 13.9 Å². The number of hydrogen-bond acceptors (Lipinski definition) is 4. The van der Waals surface area contributed by atoms with Gasteiger partial charge < -0.3 is 19.3 Å². The van der Waals surface area contributed by atoms with Crippen LogP contribution in [0.25, 0.3) is 0 Å². The smallest absolute Gasteiger partial charge is 0.387 e. The zero-order valence-electron chi connectivity index (χ0n) is 11.9. The Morgan fingerprint density at radius 1 is 1.29 bits per heavy atom. The van der Waals surface area contributed by atoms with Crippen LogP contribution < -0.4 is 9.47 Å². The molecule has 6 heteroatoms. The number of alkyl halides is 2. The maximum absolute atomic E-state index is 12.4. The molecule has 1 saturated heterocycles. The average Bonchev–Trinajstić information content (AvgIpc) is 2.47. The fraction of sp³-hybridized carbons (Fsp3) is 0.600. The Morgan fingerprint density at radius 2 is 2.00 bits per heavy atom. The van der Waals surface area contributed by atoms with Gasteiger partial charge in [0, 0.05) is 13.2 Å². The first-order valence-electron chi connectivity index (χ1n) is 6.98. The third-order valence-corrected chi connectivity index (χ3v) is 3.69. The van der Waals surface area contributed by atoms with Crippen LogP contribution in [0.5, 0.6) is 11.5 Å². The zero-order chi connectivity index (χ0) is 15.2. The highest BCUT2D eigenvalue weighted by atomic mass is 19.3. The van der Waals surface area contributed by atoms with E-state index in [1.54, 1.807) is 6.07 Å². The molecule has 1 heterocycles. The van der Waals surface area contributed by atoms with Gasteiger partial charge in [-0.05, 0) is 42.9 Å². The second-order valence-electron chi connectivity index (χ2n) is 5.10. The number of methoxy groups -OCH3 is 1. The largest absolute Gasteiger partial charge is 0.493 e. The number of aliphatic hydroxyl groups is 1. The highest BCUT2D eigenvalue weighted by Gasteiger charge is 2.20. The molecular weight excluding hydrogens is 282 g/mol. The maximum atomic E-state index is 12.4. The second-order valence-corrected chi connectivity index (χ2v) is 5.10. The molecule has 1 unspecified atom stereocenters. The van der Waals surface area contributed by atoms with E-state index >= 15 is 0 Å². The van der Waals surface area contributed by atoms with Crippen LogP contribution in [0.2, 0.25) is 0 Å². The lowest BCUT2D eigenvalue weighted by molar-refractivity contribution is -0.0514. The Bertz CT molecular complexity index is 447. The van der Waals surface area contributed by atoms with Gasteiger partial charge in [-0.15, -0.1) is 0 Å². The van der Waals surface area contributed by atoms with Crippen LogP contribution in [-0.4, -0.2) is 32.0 Å². The van der Waals surface area contributed by atoms with Crippen molar-refractivity contribution < 1.29 is 28.1 Å². The fourth-order valence-electron chi connectivity index (χ4n) is 2.52. The summed E-state index contributed by atoms with van der Waals surface area (Å²) in [7, 11) is 1.38. The van der Waals surface area contributed by atoms with Crippen molar-refractivity contribution in [3.8, 4) is 11.5 Å². The third-order valence-electron chi connectivity index (χ3n) is 3.69. The summed E-state index contributed by atoms with van der Waals surface area (Å²) < 4.78 is 39.5. The van der Waals surface area contributed by atoms with Crippen molar-refractivity contribution in [1.29, 1.82) is 0 Å². The Labute approximate surface area is 122 Å². The molecule has 0 saturated carbocycles. The number of halogens is 2. The van der Waals surface area contributed by atoms with Crippen molar-refractivity contribution in [3.05, 3.63) is 23.8 Å². The molecule has 0 aromatic heterocycles. The lowest BCUT2D eigenvalue weighted by atomic mass is 9.91. The molecule has 0 aliphatic carbocycles. The van der Waals surface area contributed by atoms with Gasteiger partial charge in [-0.25, -0.2) is 0 Å². The van der Waals surface area contributed by atoms with Gasteiger partial charge in [0.2, 0.25) is 0 Å². The normalized spacial score (nSPS) is 17.8. The molecule has 1 fully saturated rings. The summed E-state index contributed by atoms with van der Waals surface area (Å²) in [6, 6.07) is 4.61. The van der Waals surface area contributed by atoms with E-state index in [1.807, 2.05) is 0 Å². The van der Waals surface area contributed by atoms with E-state index in [4.69, 9.17) is 9.47 Å². The van der Waals surface area contributed by atoms with Crippen molar-refractivity contribution in [1.82, 2.24) is 0 Å². The van der Waals surface area contributed by atoms with Crippen molar-refractivity contribution in [2.45, 2.75) is 32.0 Å². The summed E-state index contributed by atoms with van der Waals surface area (Å²) in [4.78, 5) is 0. The monoisotopic (exact) mass is 302 g/mol. The number of aliphatic hydroxyl groups excluding tert-OH is 1. The molecule has 1 aromatic rings. The molecule has 0 bridgehead atoms. The lowest BCUT2D eigenvalue weighted by Gasteiger charge is -2.24. The van der Waals surface area contributed by atoms with E-state index < -0.39 is 12.7 Å². The van der Waals surface area contributed by atoms with Crippen LogP contribution in [0.3, 0.4) is 0 Å². The fourth-order valence-corrected chi connectivity index (χ4v) is 2.52. The molecular formula is C15H20F2O4. The van der Waals surface area contributed by atoms with Crippen LogP contribution in [0.4, 0.5) is 8.78 Å². The molecule has 2 rings (SSSR count). The summed E-state index contributed by atoms with van der Waals surface area (Å²) in [6.45, 7) is -1.51. The molecule has 118 valence electrons. The van der Waals surface area contributed by atoms with E-state index in [0.29, 0.717) is 31.1 Å². The van der Waals surface area contributed by atoms with Gasteiger partial charge in [-0.1, -0.05) is 6.07 Å². The minimum atomic E-state index is -2.93. The van der Waals surface area contributed by atoms with Crippen LogP contribution in [0.1, 0.15) is 30.9 Å². The average molecular weight is 302 g/mol. The highest BCUT2D eigenvalue weighted by Crippen LogP contribution is 2.34. The molecule has 1 aliphatic heterocycles. The SMILES string of the molecule is COc1ccc(C(O)CC2CCOCC2)cc1OC(F)F. The standard InChI is InChI=1S/C15H20F2O4/c1-19-13-3-2-11(9-14(13)21-15(16)17)12(18)8-10-4-6-20-7-5-10/h2-3,9-10,12,15,18H,4-8H2,1H3. The van der Waals surface area contributed by atoms with E-state index in [2.05, 4.69) is 4.74 Å². The first-order chi connectivity index (χ1) is 10.1. The van der Waals surface area contributed by atoms with Gasteiger partial charge in [0.15, 0.2) is 11.5 Å². The quantitative estimate of drug-likeness (QED) is 0.877. The van der Waals surface area contributed by atoms with Crippen LogP contribution in [0.15, 0.2) is 18.2 Å². The van der Waals surface area contributed by atoms with E-state index in [1.165, 1.54) is 19.2 Å². The predicted octanol–water partition coefficient (Wildman–Crippen LogP) is 3.15. The lowest BCUT2D eigenvalue weighted by Crippen LogP contribution is -2.18. The molecule has 0 amide bonds. The molecule has 0 radical (unpaired) electrons. The minimum Gasteiger partial charge on any atom is -0.493 e. The Kier molecular flexibility index (Phi) is 5.76. The summed E-state index contributed by atoms with van der Waals surface area (Å²) in [5, 5.41) is 10.3. The van der Waals surface area contributed by atoms with Gasteiger partial charge in [0.25, 0.3) is 0 Å². The van der Waals surface area contributed by atoms with Gasteiger partial charge >= 0.3 is 6.61 Å². The van der Waals surface area contributed by atoms with Crippen LogP contribution in [-0.2, 0) is 4.74 Å². The van der Waals surface area contributed by atoms with E-state index in [0.717, 1.165) is 12.8 Å². The Balaban J connectivity index is 2.07. The Hall–Kier alpha value is -1.40. The second kappa shape index (κ2) is 7.56. The zero-order valence-corrected chi connectivity index (χ0v) is 11.9. The first kappa shape index (κ1) is 16.0. The summed E-state index contributed by atoms with van der Waals surface area (Å²) in [5.41, 5.74) is 0.554. The topological polar surface area (TPSA) is 47.9 Å². The van der Waals surface area contributed by atoms with Crippen molar-refractivity contribution in [3.63, 3.8) is 0 Å². The Morgan fingerprint density at radius 3 is 2.62 bits per heavy atom. The molecule has 0 spiro atoms. The van der Waals surface area contributed by atoms with Gasteiger partial charge in [0.05, 0.1) is 13.2 Å². The van der Waals surface area contributed by atoms with Gasteiger partial charge in [-0.2, -0.15) is 8.78 Å². The minimum absolute atomic E-state index is 0.0592. The van der Waals surface area contributed by atoms with Crippen molar-refractivity contribution in [2.75, 3.05) is 20.3 Å². The van der Waals surface area contributed by atoms with Gasteiger partial charge in [0.1, 0.15) is 0 Å².